The van der Waals surface area contributed by atoms with Crippen LogP contribution in [0, 0.1) is 0 Å². The molecule has 0 N–H and O–H groups in total. The Morgan fingerprint density at radius 1 is 0.800 bits per heavy atom. The van der Waals surface area contributed by atoms with E-state index in [1.807, 2.05) is 48.5 Å². The van der Waals surface area contributed by atoms with Gasteiger partial charge in [-0.15, -0.1) is 0 Å². The molecule has 2 rings (SSSR count). The fourth-order valence-electron chi connectivity index (χ4n) is 0.946. The number of benzene rings is 2. The molecule has 15 heavy (non-hydrogen) atoms. The zero-order valence-electron chi connectivity index (χ0n) is 8.14. The minimum Gasteiger partial charge on any atom is -0.298 e. The highest BCUT2D eigenvalue weighted by atomic mass is 79.9. The normalized spacial score (nSPS) is 8.60. The molecule has 0 aliphatic carbocycles. The first-order valence-electron chi connectivity index (χ1n) is 4.53. The highest BCUT2D eigenvalue weighted by Gasteiger charge is 1.80. The van der Waals surface area contributed by atoms with Crippen molar-refractivity contribution in [1.29, 1.82) is 0 Å². The lowest BCUT2D eigenvalue weighted by atomic mass is 10.2. The van der Waals surface area contributed by atoms with Gasteiger partial charge in [-0.3, -0.25) is 4.79 Å². The zero-order chi connectivity index (χ0) is 10.9. The average Bonchev–Trinajstić information content (AvgIpc) is 2.32. The van der Waals surface area contributed by atoms with Gasteiger partial charge in [-0.25, -0.2) is 0 Å². The Labute approximate surface area is 97.9 Å². The Morgan fingerprint density at radius 3 is 1.53 bits per heavy atom. The Morgan fingerprint density at radius 2 is 1.27 bits per heavy atom. The molecule has 0 saturated heterocycles. The van der Waals surface area contributed by atoms with Gasteiger partial charge in [0.25, 0.3) is 0 Å². The second-order valence-electron chi connectivity index (χ2n) is 2.82. The van der Waals surface area contributed by atoms with Crippen LogP contribution in [0.3, 0.4) is 0 Å². The second-order valence-corrected chi connectivity index (χ2v) is 3.74. The van der Waals surface area contributed by atoms with Gasteiger partial charge in [-0.05, 0) is 12.1 Å². The van der Waals surface area contributed by atoms with Crippen molar-refractivity contribution in [2.24, 2.45) is 0 Å². The molecule has 76 valence electrons. The first-order valence-corrected chi connectivity index (χ1v) is 5.33. The third-order valence-corrected chi connectivity index (χ3v) is 2.20. The predicted octanol–water partition coefficient (Wildman–Crippen LogP) is 3.95. The molecule has 0 aliphatic rings. The van der Waals surface area contributed by atoms with E-state index in [9.17, 15) is 4.79 Å². The number of halogens is 1. The van der Waals surface area contributed by atoms with Gasteiger partial charge < -0.3 is 0 Å². The van der Waals surface area contributed by atoms with Crippen molar-refractivity contribution in [3.05, 3.63) is 70.7 Å². The molecular formula is C13H11BrO. The van der Waals surface area contributed by atoms with Gasteiger partial charge in [0.1, 0.15) is 6.29 Å². The molecule has 2 heteroatoms. The van der Waals surface area contributed by atoms with Crippen LogP contribution in [0.15, 0.2) is 65.1 Å². The molecule has 0 radical (unpaired) electrons. The van der Waals surface area contributed by atoms with Gasteiger partial charge in [0, 0.05) is 10.0 Å². The van der Waals surface area contributed by atoms with Crippen LogP contribution in [0.5, 0.6) is 0 Å². The molecule has 0 spiro atoms. The van der Waals surface area contributed by atoms with E-state index in [4.69, 9.17) is 0 Å². The van der Waals surface area contributed by atoms with E-state index < -0.39 is 0 Å². The maximum atomic E-state index is 10.0. The van der Waals surface area contributed by atoms with Gasteiger partial charge in [-0.2, -0.15) is 0 Å². The fraction of sp³-hybridized carbons (Fsp3) is 0. The van der Waals surface area contributed by atoms with E-state index in [0.717, 1.165) is 16.3 Å². The summed E-state index contributed by atoms with van der Waals surface area (Å²) < 4.78 is 1.13. The third kappa shape index (κ3) is 5.13. The molecule has 2 aromatic rings. The maximum absolute atomic E-state index is 10.0. The smallest absolute Gasteiger partial charge is 0.150 e. The molecule has 0 saturated carbocycles. The van der Waals surface area contributed by atoms with Gasteiger partial charge in [-0.1, -0.05) is 64.5 Å². The monoisotopic (exact) mass is 262 g/mol. The van der Waals surface area contributed by atoms with Crippen molar-refractivity contribution in [1.82, 2.24) is 0 Å². The molecule has 0 amide bonds. The zero-order valence-corrected chi connectivity index (χ0v) is 9.72. The highest BCUT2D eigenvalue weighted by Crippen LogP contribution is 2.05. The minimum absolute atomic E-state index is 0.729. The van der Waals surface area contributed by atoms with E-state index >= 15 is 0 Å². The second kappa shape index (κ2) is 6.96. The van der Waals surface area contributed by atoms with Crippen LogP contribution in [0.4, 0.5) is 0 Å². The van der Waals surface area contributed by atoms with Crippen LogP contribution < -0.4 is 0 Å². The number of hydrogen-bond acceptors (Lipinski definition) is 1. The molecule has 0 bridgehead atoms. The standard InChI is InChI=1S/C7H6O.C6H5Br/c8-6-7-4-2-1-3-5-7;7-6-4-2-1-3-5-6/h1-6H;1-5H. The summed E-state index contributed by atoms with van der Waals surface area (Å²) in [6, 6.07) is 19.1. The molecule has 2 aromatic carbocycles. The molecule has 0 unspecified atom stereocenters. The summed E-state index contributed by atoms with van der Waals surface area (Å²) in [5.41, 5.74) is 0.729. The Balaban J connectivity index is 0.000000151. The fourth-order valence-corrected chi connectivity index (χ4v) is 1.25. The first kappa shape index (κ1) is 11.7. The minimum atomic E-state index is 0.729. The number of carbonyl (C=O) groups excluding carboxylic acids is 1. The van der Waals surface area contributed by atoms with E-state index in [2.05, 4.69) is 15.9 Å². The van der Waals surface area contributed by atoms with Gasteiger partial charge >= 0.3 is 0 Å². The molecule has 1 nitrogen and oxygen atoms in total. The summed E-state index contributed by atoms with van der Waals surface area (Å²) in [6.07, 6.45) is 0.833. The summed E-state index contributed by atoms with van der Waals surface area (Å²) in [4.78, 5) is 10.0. The Bertz CT molecular complexity index is 384. The summed E-state index contributed by atoms with van der Waals surface area (Å²) in [7, 11) is 0. The first-order chi connectivity index (χ1) is 7.33. The predicted molar refractivity (Wildman–Crippen MR) is 66.0 cm³/mol. The Hall–Kier alpha value is -1.41. The van der Waals surface area contributed by atoms with Crippen LogP contribution in [-0.4, -0.2) is 6.29 Å². The van der Waals surface area contributed by atoms with E-state index in [0.29, 0.717) is 0 Å². The van der Waals surface area contributed by atoms with Crippen LogP contribution in [0.1, 0.15) is 10.4 Å². The number of aldehydes is 1. The topological polar surface area (TPSA) is 17.1 Å². The quantitative estimate of drug-likeness (QED) is 0.712. The SMILES string of the molecule is Brc1ccccc1.O=Cc1ccccc1. The van der Waals surface area contributed by atoms with Gasteiger partial charge in [0.15, 0.2) is 0 Å². The van der Waals surface area contributed by atoms with E-state index in [1.54, 1.807) is 12.1 Å². The largest absolute Gasteiger partial charge is 0.298 e. The van der Waals surface area contributed by atoms with Crippen molar-refractivity contribution >= 4 is 22.2 Å². The van der Waals surface area contributed by atoms with Crippen LogP contribution in [-0.2, 0) is 0 Å². The van der Waals surface area contributed by atoms with Crippen molar-refractivity contribution in [2.75, 3.05) is 0 Å². The summed E-state index contributed by atoms with van der Waals surface area (Å²) in [5, 5.41) is 0. The van der Waals surface area contributed by atoms with Crippen LogP contribution >= 0.6 is 15.9 Å². The summed E-state index contributed by atoms with van der Waals surface area (Å²) in [5.74, 6) is 0. The van der Waals surface area contributed by atoms with Gasteiger partial charge in [0.05, 0.1) is 0 Å². The van der Waals surface area contributed by atoms with Crippen molar-refractivity contribution < 1.29 is 4.79 Å². The summed E-state index contributed by atoms with van der Waals surface area (Å²) in [6.45, 7) is 0. The van der Waals surface area contributed by atoms with Crippen molar-refractivity contribution in [3.8, 4) is 0 Å². The molecule has 0 fully saturated rings. The lowest BCUT2D eigenvalue weighted by Crippen LogP contribution is -1.73. The van der Waals surface area contributed by atoms with Crippen molar-refractivity contribution in [2.45, 2.75) is 0 Å². The number of rotatable bonds is 1. The van der Waals surface area contributed by atoms with Crippen LogP contribution in [0.25, 0.3) is 0 Å². The van der Waals surface area contributed by atoms with Gasteiger partial charge in [0.2, 0.25) is 0 Å². The lowest BCUT2D eigenvalue weighted by molar-refractivity contribution is 0.112. The van der Waals surface area contributed by atoms with E-state index in [-0.39, 0.29) is 0 Å². The number of hydrogen-bond donors (Lipinski definition) is 0. The maximum Gasteiger partial charge on any atom is 0.150 e. The lowest BCUT2D eigenvalue weighted by Gasteiger charge is -1.81. The van der Waals surface area contributed by atoms with Crippen molar-refractivity contribution in [3.63, 3.8) is 0 Å². The highest BCUT2D eigenvalue weighted by molar-refractivity contribution is 9.10. The Kier molecular flexibility index (Phi) is 5.41. The third-order valence-electron chi connectivity index (χ3n) is 1.67. The molecule has 0 aliphatic heterocycles. The molecular weight excluding hydrogens is 252 g/mol. The van der Waals surface area contributed by atoms with Crippen LogP contribution in [0.2, 0.25) is 0 Å². The molecule has 0 aromatic heterocycles. The molecule has 0 atom stereocenters. The average molecular weight is 263 g/mol. The van der Waals surface area contributed by atoms with E-state index in [1.165, 1.54) is 0 Å². The summed E-state index contributed by atoms with van der Waals surface area (Å²) >= 11 is 3.31. The number of carbonyl (C=O) groups is 1. The molecule has 0 heterocycles.